The molecule has 0 spiro atoms. The molecule has 0 atom stereocenters. The van der Waals surface area contributed by atoms with E-state index >= 15 is 0 Å². The van der Waals surface area contributed by atoms with Crippen LogP contribution >= 0.6 is 0 Å². The Morgan fingerprint density at radius 2 is 1.94 bits per heavy atom. The summed E-state index contributed by atoms with van der Waals surface area (Å²) in [6.45, 7) is 13.4. The fourth-order valence-electron chi connectivity index (χ4n) is 3.29. The molecule has 1 saturated heterocycles. The summed E-state index contributed by atoms with van der Waals surface area (Å²) in [5.74, 6) is 0.565. The number of carbonyl (C=O) groups excluding carboxylic acids is 1. The van der Waals surface area contributed by atoms with Gasteiger partial charge in [0.2, 0.25) is 5.88 Å². The summed E-state index contributed by atoms with van der Waals surface area (Å²) in [7, 11) is -1.90. The van der Waals surface area contributed by atoms with Gasteiger partial charge in [-0.15, -0.1) is 0 Å². The van der Waals surface area contributed by atoms with Crippen molar-refractivity contribution in [2.45, 2.75) is 51.2 Å². The average Bonchev–Trinajstić information content (AvgIpc) is 2.71. The van der Waals surface area contributed by atoms with E-state index in [0.717, 1.165) is 0 Å². The fourth-order valence-corrected chi connectivity index (χ4v) is 4.31. The van der Waals surface area contributed by atoms with Gasteiger partial charge in [0.25, 0.3) is 0 Å². The number of hydrogen-bond acceptors (Lipinski definition) is 7. The van der Waals surface area contributed by atoms with Gasteiger partial charge >= 0.3 is 6.09 Å². The number of primary amides is 1. The number of amides is 1. The molecule has 3 rings (SSSR count). The smallest absolute Gasteiger partial charge is 0.410 e. The second kappa shape index (κ2) is 9.97. The van der Waals surface area contributed by atoms with Crippen molar-refractivity contribution in [1.29, 1.82) is 0 Å². The number of aromatic nitrogens is 2. The van der Waals surface area contributed by atoms with Gasteiger partial charge in [-0.3, -0.25) is 4.98 Å². The SMILES string of the molecule is Cc1ncc(OC(N)=O)cc1-c1cc(OCCO[Si](C)(C)C(C)(C)C)nc(C2(CF)COC2)c1. The first-order chi connectivity index (χ1) is 15.9. The molecule has 2 aromatic heterocycles. The van der Waals surface area contributed by atoms with E-state index in [9.17, 15) is 9.18 Å². The quantitative estimate of drug-likeness (QED) is 0.405. The van der Waals surface area contributed by atoms with Crippen LogP contribution in [0.1, 0.15) is 32.2 Å². The molecule has 0 unspecified atom stereocenters. The molecule has 0 saturated carbocycles. The summed E-state index contributed by atoms with van der Waals surface area (Å²) in [4.78, 5) is 20.1. The zero-order valence-corrected chi connectivity index (χ0v) is 21.7. The molecule has 10 heteroatoms. The summed E-state index contributed by atoms with van der Waals surface area (Å²) < 4.78 is 36.5. The number of hydrogen-bond donors (Lipinski definition) is 1. The summed E-state index contributed by atoms with van der Waals surface area (Å²) in [6, 6.07) is 5.23. The molecule has 0 bridgehead atoms. The second-order valence-corrected chi connectivity index (χ2v) is 15.0. The standard InChI is InChI=1S/C24H34FN3O5Si/c1-16-19(11-18(12-27-16)33-22(26)29)17-9-20(24(13-25)14-30-15-24)28-21(10-17)31-7-8-32-34(5,6)23(2,3)4/h9-12H,7-8,13-15H2,1-6H3,(H2,26,29). The summed E-state index contributed by atoms with van der Waals surface area (Å²) in [5, 5.41) is 0.0958. The van der Waals surface area contributed by atoms with Gasteiger partial charge in [-0.1, -0.05) is 20.8 Å². The molecule has 1 fully saturated rings. The third-order valence-electron chi connectivity index (χ3n) is 6.55. The van der Waals surface area contributed by atoms with E-state index in [1.807, 2.05) is 6.92 Å². The number of carbonyl (C=O) groups is 1. The first kappa shape index (κ1) is 26.0. The first-order valence-electron chi connectivity index (χ1n) is 11.2. The highest BCUT2D eigenvalue weighted by molar-refractivity contribution is 6.74. The first-order valence-corrected chi connectivity index (χ1v) is 14.1. The molecular weight excluding hydrogens is 457 g/mol. The number of pyridine rings is 2. The van der Waals surface area contributed by atoms with Gasteiger partial charge in [-0.05, 0) is 42.8 Å². The van der Waals surface area contributed by atoms with Gasteiger partial charge < -0.3 is 24.4 Å². The Labute approximate surface area is 201 Å². The molecule has 0 aliphatic carbocycles. The predicted molar refractivity (Wildman–Crippen MR) is 130 cm³/mol. The van der Waals surface area contributed by atoms with E-state index in [1.165, 1.54) is 6.20 Å². The van der Waals surface area contributed by atoms with Crippen LogP contribution in [-0.4, -0.2) is 57.5 Å². The van der Waals surface area contributed by atoms with E-state index in [4.69, 9.17) is 24.4 Å². The van der Waals surface area contributed by atoms with Crippen LogP contribution in [-0.2, 0) is 14.6 Å². The Balaban J connectivity index is 1.89. The summed E-state index contributed by atoms with van der Waals surface area (Å²) >= 11 is 0. The molecule has 2 N–H and O–H groups in total. The average molecular weight is 492 g/mol. The van der Waals surface area contributed by atoms with E-state index in [-0.39, 0.29) is 24.0 Å². The van der Waals surface area contributed by atoms with Crippen molar-refractivity contribution in [3.63, 3.8) is 0 Å². The molecule has 0 aromatic carbocycles. The number of halogens is 1. The molecule has 2 aromatic rings. The molecule has 1 aliphatic rings. The van der Waals surface area contributed by atoms with Gasteiger partial charge in [0.1, 0.15) is 13.3 Å². The highest BCUT2D eigenvalue weighted by Crippen LogP contribution is 2.38. The van der Waals surface area contributed by atoms with Gasteiger partial charge in [-0.2, -0.15) is 0 Å². The number of rotatable bonds is 9. The van der Waals surface area contributed by atoms with Crippen LogP contribution in [0.25, 0.3) is 11.1 Å². The second-order valence-electron chi connectivity index (χ2n) is 10.2. The summed E-state index contributed by atoms with van der Waals surface area (Å²) in [5.41, 5.74) is 6.97. The minimum Gasteiger partial charge on any atom is -0.475 e. The van der Waals surface area contributed by atoms with Crippen LogP contribution in [0.15, 0.2) is 24.4 Å². The minimum atomic E-state index is -1.90. The molecule has 1 aliphatic heterocycles. The largest absolute Gasteiger partial charge is 0.475 e. The minimum absolute atomic E-state index is 0.0958. The normalized spacial score (nSPS) is 15.5. The van der Waals surface area contributed by atoms with Gasteiger partial charge in [-0.25, -0.2) is 14.2 Å². The lowest BCUT2D eigenvalue weighted by molar-refractivity contribution is -0.0728. The molecule has 8 nitrogen and oxygen atoms in total. The van der Waals surface area contributed by atoms with Crippen LogP contribution in [0.2, 0.25) is 18.1 Å². The Kier molecular flexibility index (Phi) is 7.64. The van der Waals surface area contributed by atoms with Crippen LogP contribution in [0.5, 0.6) is 11.6 Å². The Morgan fingerprint density at radius 3 is 2.50 bits per heavy atom. The van der Waals surface area contributed by atoms with E-state index in [2.05, 4.69) is 43.8 Å². The maximum atomic E-state index is 14.0. The van der Waals surface area contributed by atoms with Crippen LogP contribution in [0.4, 0.5) is 9.18 Å². The Hall–Kier alpha value is -2.56. The Bertz CT molecular complexity index is 1030. The lowest BCUT2D eigenvalue weighted by Crippen LogP contribution is -2.49. The number of aryl methyl sites for hydroxylation is 1. The van der Waals surface area contributed by atoms with Crippen LogP contribution in [0, 0.1) is 6.92 Å². The summed E-state index contributed by atoms with van der Waals surface area (Å²) in [6.07, 6.45) is 0.491. The van der Waals surface area contributed by atoms with Crippen molar-refractivity contribution in [1.82, 2.24) is 9.97 Å². The van der Waals surface area contributed by atoms with Gasteiger partial charge in [0.15, 0.2) is 14.1 Å². The number of ether oxygens (including phenoxy) is 3. The maximum Gasteiger partial charge on any atom is 0.410 e. The van der Waals surface area contributed by atoms with E-state index in [1.54, 1.807) is 18.2 Å². The van der Waals surface area contributed by atoms with Crippen LogP contribution < -0.4 is 15.2 Å². The van der Waals surface area contributed by atoms with Gasteiger partial charge in [0.05, 0.1) is 37.1 Å². The lowest BCUT2D eigenvalue weighted by atomic mass is 9.82. The number of nitrogens with zero attached hydrogens (tertiary/aromatic N) is 2. The van der Waals surface area contributed by atoms with Crippen molar-refractivity contribution in [3.05, 3.63) is 35.8 Å². The molecule has 3 heterocycles. The third-order valence-corrected chi connectivity index (χ3v) is 11.1. The maximum absolute atomic E-state index is 14.0. The fraction of sp³-hybridized carbons (Fsp3) is 0.542. The van der Waals surface area contributed by atoms with E-state index in [0.29, 0.717) is 41.6 Å². The lowest BCUT2D eigenvalue weighted by Gasteiger charge is -2.38. The van der Waals surface area contributed by atoms with Crippen LogP contribution in [0.3, 0.4) is 0 Å². The van der Waals surface area contributed by atoms with Crippen molar-refractivity contribution < 1.29 is 27.8 Å². The van der Waals surface area contributed by atoms with Crippen molar-refractivity contribution in [2.24, 2.45) is 5.73 Å². The number of nitrogens with two attached hydrogens (primary N) is 1. The molecule has 1 amide bonds. The van der Waals surface area contributed by atoms with E-state index < -0.39 is 26.5 Å². The van der Waals surface area contributed by atoms with Crippen molar-refractivity contribution in [3.8, 4) is 22.8 Å². The molecule has 34 heavy (non-hydrogen) atoms. The highest BCUT2D eigenvalue weighted by atomic mass is 28.4. The molecule has 186 valence electrons. The van der Waals surface area contributed by atoms with Crippen molar-refractivity contribution in [2.75, 3.05) is 33.1 Å². The Morgan fingerprint density at radius 1 is 1.24 bits per heavy atom. The third kappa shape index (κ3) is 5.73. The zero-order chi connectivity index (χ0) is 25.1. The molecular formula is C24H34FN3O5Si. The highest BCUT2D eigenvalue weighted by Gasteiger charge is 2.43. The monoisotopic (exact) mass is 491 g/mol. The van der Waals surface area contributed by atoms with Gasteiger partial charge in [0, 0.05) is 17.3 Å². The molecule has 0 radical (unpaired) electrons. The predicted octanol–water partition coefficient (Wildman–Crippen LogP) is 4.55. The zero-order valence-electron chi connectivity index (χ0n) is 20.7. The number of alkyl halides is 1. The van der Waals surface area contributed by atoms with Crippen molar-refractivity contribution >= 4 is 14.4 Å². The topological polar surface area (TPSA) is 106 Å².